The van der Waals surface area contributed by atoms with E-state index in [1.54, 1.807) is 4.90 Å². The highest BCUT2D eigenvalue weighted by atomic mass is 16.3. The maximum Gasteiger partial charge on any atom is 0.317 e. The van der Waals surface area contributed by atoms with E-state index in [-0.39, 0.29) is 12.6 Å². The molecule has 0 aliphatic carbocycles. The van der Waals surface area contributed by atoms with Crippen molar-refractivity contribution >= 4 is 16.8 Å². The minimum Gasteiger partial charge on any atom is -0.395 e. The topological polar surface area (TPSA) is 52.6 Å². The molecule has 2 amide bonds. The summed E-state index contributed by atoms with van der Waals surface area (Å²) in [6.45, 7) is 3.66. The number of amides is 2. The molecule has 0 unspecified atom stereocenters. The second kappa shape index (κ2) is 8.39. The van der Waals surface area contributed by atoms with Gasteiger partial charge in [0.1, 0.15) is 0 Å². The van der Waals surface area contributed by atoms with Crippen LogP contribution >= 0.6 is 0 Å². The first-order valence-electron chi connectivity index (χ1n) is 7.86. The van der Waals surface area contributed by atoms with E-state index in [2.05, 4.69) is 35.6 Å². The summed E-state index contributed by atoms with van der Waals surface area (Å²) in [6.07, 6.45) is 1.68. The second-order valence-corrected chi connectivity index (χ2v) is 5.33. The number of rotatable bonds is 7. The van der Waals surface area contributed by atoms with Gasteiger partial charge in [0.05, 0.1) is 6.61 Å². The molecule has 0 fully saturated rings. The highest BCUT2D eigenvalue weighted by Gasteiger charge is 2.11. The van der Waals surface area contributed by atoms with Crippen molar-refractivity contribution in [3.63, 3.8) is 0 Å². The number of aliphatic hydroxyl groups excluding tert-OH is 1. The fourth-order valence-electron chi connectivity index (χ4n) is 2.63. The molecule has 22 heavy (non-hydrogen) atoms. The zero-order valence-corrected chi connectivity index (χ0v) is 13.1. The number of nitrogens with one attached hydrogen (secondary N) is 1. The van der Waals surface area contributed by atoms with E-state index in [9.17, 15) is 4.79 Å². The third-order valence-electron chi connectivity index (χ3n) is 3.70. The van der Waals surface area contributed by atoms with Gasteiger partial charge < -0.3 is 15.3 Å². The molecule has 4 nitrogen and oxygen atoms in total. The number of carbonyl (C=O) groups is 1. The Kier molecular flexibility index (Phi) is 6.22. The molecule has 0 saturated carbocycles. The zero-order valence-electron chi connectivity index (χ0n) is 13.1. The number of aliphatic hydroxyl groups is 1. The van der Waals surface area contributed by atoms with Gasteiger partial charge >= 0.3 is 6.03 Å². The van der Waals surface area contributed by atoms with Crippen LogP contribution < -0.4 is 5.32 Å². The summed E-state index contributed by atoms with van der Waals surface area (Å²) >= 11 is 0. The molecular weight excluding hydrogens is 276 g/mol. The lowest BCUT2D eigenvalue weighted by Crippen LogP contribution is -2.42. The van der Waals surface area contributed by atoms with Gasteiger partial charge in [-0.2, -0.15) is 0 Å². The molecule has 2 N–H and O–H groups in total. The molecule has 0 aliphatic heterocycles. The van der Waals surface area contributed by atoms with Gasteiger partial charge in [0.15, 0.2) is 0 Å². The fraction of sp³-hybridized carbons (Fsp3) is 0.389. The lowest BCUT2D eigenvalue weighted by molar-refractivity contribution is 0.177. The maximum atomic E-state index is 12.1. The molecular formula is C18H24N2O2. The van der Waals surface area contributed by atoms with Gasteiger partial charge in [-0.3, -0.25) is 0 Å². The molecule has 0 heterocycles. The third-order valence-corrected chi connectivity index (χ3v) is 3.70. The molecule has 4 heteroatoms. The van der Waals surface area contributed by atoms with Crippen LogP contribution in [0.15, 0.2) is 42.5 Å². The van der Waals surface area contributed by atoms with Crippen LogP contribution in [0, 0.1) is 0 Å². The van der Waals surface area contributed by atoms with E-state index < -0.39 is 0 Å². The van der Waals surface area contributed by atoms with Crippen LogP contribution in [0.5, 0.6) is 0 Å². The molecule has 0 spiro atoms. The predicted molar refractivity (Wildman–Crippen MR) is 90.0 cm³/mol. The Morgan fingerprint density at radius 3 is 2.68 bits per heavy atom. The molecule has 0 saturated heterocycles. The molecule has 0 radical (unpaired) electrons. The smallest absolute Gasteiger partial charge is 0.317 e. The molecule has 2 aromatic carbocycles. The van der Waals surface area contributed by atoms with Crippen LogP contribution in [-0.4, -0.2) is 42.3 Å². The molecule has 118 valence electrons. The molecule has 2 rings (SSSR count). The third kappa shape index (κ3) is 4.21. The number of nitrogens with zero attached hydrogens (tertiary/aromatic N) is 1. The number of urea groups is 1. The number of hydrogen-bond donors (Lipinski definition) is 2. The number of benzene rings is 2. The largest absolute Gasteiger partial charge is 0.395 e. The predicted octanol–water partition coefficient (Wildman–Crippen LogP) is 2.80. The maximum absolute atomic E-state index is 12.1. The van der Waals surface area contributed by atoms with Crippen molar-refractivity contribution in [3.05, 3.63) is 48.0 Å². The average molecular weight is 300 g/mol. The van der Waals surface area contributed by atoms with E-state index in [4.69, 9.17) is 5.11 Å². The van der Waals surface area contributed by atoms with Crippen LogP contribution in [0.3, 0.4) is 0 Å². The van der Waals surface area contributed by atoms with E-state index >= 15 is 0 Å². The number of hydrogen-bond acceptors (Lipinski definition) is 2. The summed E-state index contributed by atoms with van der Waals surface area (Å²) in [5.74, 6) is 0. The van der Waals surface area contributed by atoms with Crippen LogP contribution in [0.25, 0.3) is 10.8 Å². The van der Waals surface area contributed by atoms with E-state index in [0.717, 1.165) is 12.8 Å². The Balaban J connectivity index is 1.93. The van der Waals surface area contributed by atoms with Gasteiger partial charge in [-0.05, 0) is 29.2 Å². The van der Waals surface area contributed by atoms with Crippen LogP contribution in [0.2, 0.25) is 0 Å². The normalized spacial score (nSPS) is 10.6. The minimum absolute atomic E-state index is 0.00323. The van der Waals surface area contributed by atoms with Crippen molar-refractivity contribution in [2.45, 2.75) is 19.8 Å². The van der Waals surface area contributed by atoms with Crippen molar-refractivity contribution in [1.29, 1.82) is 0 Å². The Bertz CT molecular complexity index is 602. The molecule has 2 aromatic rings. The summed E-state index contributed by atoms with van der Waals surface area (Å²) in [5.41, 5.74) is 1.24. The van der Waals surface area contributed by atoms with Gasteiger partial charge in [-0.1, -0.05) is 49.4 Å². The molecule has 0 atom stereocenters. The SMILES string of the molecule is CCCN(CCO)C(=O)NCCc1cccc2ccccc12. The van der Waals surface area contributed by atoms with E-state index in [1.165, 1.54) is 16.3 Å². The highest BCUT2D eigenvalue weighted by Crippen LogP contribution is 2.18. The Morgan fingerprint density at radius 2 is 1.91 bits per heavy atom. The molecule has 0 aromatic heterocycles. The molecule has 0 aliphatic rings. The number of carbonyl (C=O) groups excluding carboxylic acids is 1. The lowest BCUT2D eigenvalue weighted by atomic mass is 10.0. The van der Waals surface area contributed by atoms with Crippen molar-refractivity contribution in [1.82, 2.24) is 10.2 Å². The van der Waals surface area contributed by atoms with Crippen molar-refractivity contribution in [3.8, 4) is 0 Å². The van der Waals surface area contributed by atoms with Gasteiger partial charge in [0, 0.05) is 19.6 Å². The van der Waals surface area contributed by atoms with Crippen molar-refractivity contribution in [2.24, 2.45) is 0 Å². The Hall–Kier alpha value is -2.07. The van der Waals surface area contributed by atoms with Crippen LogP contribution in [-0.2, 0) is 6.42 Å². The first-order chi connectivity index (χ1) is 10.8. The average Bonchev–Trinajstić information content (AvgIpc) is 2.55. The Morgan fingerprint density at radius 1 is 1.14 bits per heavy atom. The van der Waals surface area contributed by atoms with E-state index in [0.29, 0.717) is 19.6 Å². The van der Waals surface area contributed by atoms with Gasteiger partial charge in [-0.25, -0.2) is 4.79 Å². The fourth-order valence-corrected chi connectivity index (χ4v) is 2.63. The van der Waals surface area contributed by atoms with Crippen LogP contribution in [0.1, 0.15) is 18.9 Å². The summed E-state index contributed by atoms with van der Waals surface area (Å²) in [5, 5.41) is 14.4. The zero-order chi connectivity index (χ0) is 15.8. The van der Waals surface area contributed by atoms with Crippen molar-refractivity contribution < 1.29 is 9.90 Å². The summed E-state index contributed by atoms with van der Waals surface area (Å²) < 4.78 is 0. The first kappa shape index (κ1) is 16.3. The Labute approximate surface area is 131 Å². The van der Waals surface area contributed by atoms with Gasteiger partial charge in [-0.15, -0.1) is 0 Å². The summed E-state index contributed by atoms with van der Waals surface area (Å²) in [4.78, 5) is 13.7. The van der Waals surface area contributed by atoms with Gasteiger partial charge in [0.25, 0.3) is 0 Å². The number of fused-ring (bicyclic) bond motifs is 1. The summed E-state index contributed by atoms with van der Waals surface area (Å²) in [6, 6.07) is 14.4. The molecule has 0 bridgehead atoms. The highest BCUT2D eigenvalue weighted by molar-refractivity contribution is 5.85. The standard InChI is InChI=1S/C18H24N2O2/c1-2-12-20(13-14-21)18(22)19-11-10-16-8-5-7-15-6-3-4-9-17(15)16/h3-9,21H,2,10-14H2,1H3,(H,19,22). The minimum atomic E-state index is -0.101. The first-order valence-corrected chi connectivity index (χ1v) is 7.86. The van der Waals surface area contributed by atoms with Crippen LogP contribution in [0.4, 0.5) is 4.79 Å². The summed E-state index contributed by atoms with van der Waals surface area (Å²) in [7, 11) is 0. The second-order valence-electron chi connectivity index (χ2n) is 5.33. The van der Waals surface area contributed by atoms with E-state index in [1.807, 2.05) is 19.1 Å². The van der Waals surface area contributed by atoms with Crippen molar-refractivity contribution in [2.75, 3.05) is 26.2 Å². The monoisotopic (exact) mass is 300 g/mol. The van der Waals surface area contributed by atoms with Gasteiger partial charge in [0.2, 0.25) is 0 Å². The lowest BCUT2D eigenvalue weighted by Gasteiger charge is -2.21. The quantitative estimate of drug-likeness (QED) is 0.826.